The summed E-state index contributed by atoms with van der Waals surface area (Å²) in [5.74, 6) is 0.513. The van der Waals surface area contributed by atoms with Crippen molar-refractivity contribution in [3.63, 3.8) is 0 Å². The minimum absolute atomic E-state index is 0.0675. The molecule has 2 N–H and O–H groups in total. The van der Waals surface area contributed by atoms with Gasteiger partial charge in [0.25, 0.3) is 0 Å². The smallest absolute Gasteiger partial charge is 0.192 e. The third kappa shape index (κ3) is 1.79. The lowest BCUT2D eigenvalue weighted by molar-refractivity contribution is 0.335. The van der Waals surface area contributed by atoms with Gasteiger partial charge in [0.1, 0.15) is 0 Å². The van der Waals surface area contributed by atoms with Gasteiger partial charge in [-0.2, -0.15) is 0 Å². The summed E-state index contributed by atoms with van der Waals surface area (Å²) in [6.45, 7) is 0.605. The number of hydrogen-bond donors (Lipinski definition) is 1. The van der Waals surface area contributed by atoms with Gasteiger partial charge in [0, 0.05) is 6.04 Å². The minimum atomic E-state index is -0.337. The third-order valence-corrected chi connectivity index (χ3v) is 3.53. The van der Waals surface area contributed by atoms with Crippen LogP contribution in [0.25, 0.3) is 0 Å². The summed E-state index contributed by atoms with van der Waals surface area (Å²) < 4.78 is 18.7. The van der Waals surface area contributed by atoms with Crippen LogP contribution in [0.2, 0.25) is 0 Å². The Labute approximate surface area is 105 Å². The monoisotopic (exact) mass is 249 g/mol. The maximum Gasteiger partial charge on any atom is 0.192 e. The van der Waals surface area contributed by atoms with Crippen molar-refractivity contribution in [1.82, 2.24) is 4.90 Å². The van der Waals surface area contributed by atoms with Gasteiger partial charge in [0.15, 0.2) is 17.5 Å². The van der Waals surface area contributed by atoms with Gasteiger partial charge in [0.05, 0.1) is 19.7 Å². The fourth-order valence-electron chi connectivity index (χ4n) is 2.46. The first-order valence-electron chi connectivity index (χ1n) is 6.12. The van der Waals surface area contributed by atoms with Crippen molar-refractivity contribution in [3.8, 4) is 5.75 Å². The second kappa shape index (κ2) is 4.15. The first-order chi connectivity index (χ1) is 8.70. The molecular formula is C13H16FN3O. The molecule has 1 fully saturated rings. The van der Waals surface area contributed by atoms with Gasteiger partial charge in [-0.05, 0) is 30.5 Å². The van der Waals surface area contributed by atoms with Crippen molar-refractivity contribution in [2.45, 2.75) is 24.9 Å². The van der Waals surface area contributed by atoms with Crippen LogP contribution in [0.5, 0.6) is 5.75 Å². The molecule has 1 heterocycles. The highest BCUT2D eigenvalue weighted by molar-refractivity contribution is 5.81. The number of hydrogen-bond acceptors (Lipinski definition) is 4. The molecule has 1 aliphatic carbocycles. The Kier molecular flexibility index (Phi) is 2.61. The van der Waals surface area contributed by atoms with Gasteiger partial charge in [-0.1, -0.05) is 6.07 Å². The third-order valence-electron chi connectivity index (χ3n) is 3.53. The zero-order valence-electron chi connectivity index (χ0n) is 10.3. The number of benzene rings is 1. The van der Waals surface area contributed by atoms with E-state index in [2.05, 4.69) is 9.89 Å². The topological polar surface area (TPSA) is 50.9 Å². The molecule has 0 saturated heterocycles. The number of nitrogens with two attached hydrogens (primary N) is 1. The van der Waals surface area contributed by atoms with Crippen LogP contribution in [-0.4, -0.2) is 30.6 Å². The summed E-state index contributed by atoms with van der Waals surface area (Å²) in [5.41, 5.74) is 6.81. The summed E-state index contributed by atoms with van der Waals surface area (Å²) in [4.78, 5) is 6.39. The second-order valence-corrected chi connectivity index (χ2v) is 4.75. The zero-order chi connectivity index (χ0) is 12.7. The Balaban J connectivity index is 1.88. The van der Waals surface area contributed by atoms with Crippen molar-refractivity contribution < 1.29 is 9.13 Å². The minimum Gasteiger partial charge on any atom is -0.494 e. The molecule has 0 amide bonds. The highest BCUT2D eigenvalue weighted by atomic mass is 19.1. The molecule has 96 valence electrons. The van der Waals surface area contributed by atoms with E-state index in [0.29, 0.717) is 18.5 Å². The van der Waals surface area contributed by atoms with Gasteiger partial charge in [-0.25, -0.2) is 4.39 Å². The van der Waals surface area contributed by atoms with Crippen LogP contribution in [-0.2, 0) is 0 Å². The zero-order valence-corrected chi connectivity index (χ0v) is 10.3. The largest absolute Gasteiger partial charge is 0.494 e. The Morgan fingerprint density at radius 3 is 2.83 bits per heavy atom. The van der Waals surface area contributed by atoms with Crippen molar-refractivity contribution in [2.24, 2.45) is 10.7 Å². The van der Waals surface area contributed by atoms with Crippen LogP contribution < -0.4 is 10.5 Å². The average molecular weight is 249 g/mol. The molecule has 1 aliphatic heterocycles. The van der Waals surface area contributed by atoms with E-state index in [0.717, 1.165) is 18.4 Å². The fourth-order valence-corrected chi connectivity index (χ4v) is 2.46. The van der Waals surface area contributed by atoms with E-state index in [4.69, 9.17) is 10.5 Å². The molecule has 5 heteroatoms. The van der Waals surface area contributed by atoms with Crippen LogP contribution in [0.4, 0.5) is 4.39 Å². The lowest BCUT2D eigenvalue weighted by Gasteiger charge is -2.26. The number of guanidine groups is 1. The number of aliphatic imine (C=N–C) groups is 1. The molecule has 0 spiro atoms. The van der Waals surface area contributed by atoms with E-state index in [1.807, 2.05) is 6.07 Å². The Bertz CT molecular complexity index is 499. The Hall–Kier alpha value is -1.78. The van der Waals surface area contributed by atoms with Gasteiger partial charge in [-0.3, -0.25) is 4.99 Å². The maximum atomic E-state index is 13.7. The quantitative estimate of drug-likeness (QED) is 0.886. The van der Waals surface area contributed by atoms with Crippen LogP contribution >= 0.6 is 0 Å². The van der Waals surface area contributed by atoms with Crippen molar-refractivity contribution >= 4 is 5.96 Å². The van der Waals surface area contributed by atoms with Crippen molar-refractivity contribution in [1.29, 1.82) is 0 Å². The van der Waals surface area contributed by atoms with Gasteiger partial charge < -0.3 is 15.4 Å². The summed E-state index contributed by atoms with van der Waals surface area (Å²) in [6, 6.07) is 5.61. The van der Waals surface area contributed by atoms with E-state index in [1.165, 1.54) is 13.2 Å². The van der Waals surface area contributed by atoms with Crippen LogP contribution in [0.15, 0.2) is 23.2 Å². The van der Waals surface area contributed by atoms with Crippen LogP contribution in [0.3, 0.4) is 0 Å². The molecule has 3 rings (SSSR count). The predicted molar refractivity (Wildman–Crippen MR) is 67.0 cm³/mol. The molecule has 4 nitrogen and oxygen atoms in total. The van der Waals surface area contributed by atoms with E-state index in [1.54, 1.807) is 6.07 Å². The molecule has 1 saturated carbocycles. The first kappa shape index (κ1) is 11.3. The molecular weight excluding hydrogens is 233 g/mol. The number of halogens is 1. The second-order valence-electron chi connectivity index (χ2n) is 4.75. The first-order valence-corrected chi connectivity index (χ1v) is 6.12. The lowest BCUT2D eigenvalue weighted by Crippen LogP contribution is -2.37. The van der Waals surface area contributed by atoms with Gasteiger partial charge >= 0.3 is 0 Å². The van der Waals surface area contributed by atoms with E-state index in [-0.39, 0.29) is 17.6 Å². The standard InChI is InChI=1S/C13H16FN3O/c1-18-12-5-2-8(6-10(12)14)11-7-16-13(15)17(11)9-3-4-9/h2,5-6,9,11H,3-4,7H2,1H3,(H2,15,16). The maximum absolute atomic E-state index is 13.7. The van der Waals surface area contributed by atoms with Gasteiger partial charge in [0.2, 0.25) is 0 Å². The molecule has 2 aliphatic rings. The predicted octanol–water partition coefficient (Wildman–Crippen LogP) is 1.67. The molecule has 18 heavy (non-hydrogen) atoms. The SMILES string of the molecule is COc1ccc(C2CN=C(N)N2C2CC2)cc1F. The van der Waals surface area contributed by atoms with Crippen molar-refractivity contribution in [3.05, 3.63) is 29.6 Å². The fraction of sp³-hybridized carbons (Fsp3) is 0.462. The molecule has 0 bridgehead atoms. The molecule has 1 aromatic rings. The summed E-state index contributed by atoms with van der Waals surface area (Å²) >= 11 is 0. The highest BCUT2D eigenvalue weighted by Crippen LogP contribution is 2.37. The average Bonchev–Trinajstić information content (AvgIpc) is 3.12. The number of nitrogens with zero attached hydrogens (tertiary/aromatic N) is 2. The number of rotatable bonds is 3. The molecule has 0 radical (unpaired) electrons. The van der Waals surface area contributed by atoms with Crippen LogP contribution in [0.1, 0.15) is 24.4 Å². The Morgan fingerprint density at radius 2 is 2.22 bits per heavy atom. The summed E-state index contributed by atoms with van der Waals surface area (Å²) in [6.07, 6.45) is 2.29. The summed E-state index contributed by atoms with van der Waals surface area (Å²) in [7, 11) is 1.46. The molecule has 1 atom stereocenters. The highest BCUT2D eigenvalue weighted by Gasteiger charge is 2.39. The van der Waals surface area contributed by atoms with E-state index >= 15 is 0 Å². The van der Waals surface area contributed by atoms with E-state index in [9.17, 15) is 4.39 Å². The van der Waals surface area contributed by atoms with Crippen molar-refractivity contribution in [2.75, 3.05) is 13.7 Å². The van der Waals surface area contributed by atoms with E-state index < -0.39 is 0 Å². The van der Waals surface area contributed by atoms with Gasteiger partial charge in [-0.15, -0.1) is 0 Å². The molecule has 1 aromatic carbocycles. The lowest BCUT2D eigenvalue weighted by atomic mass is 10.1. The number of methoxy groups -OCH3 is 1. The Morgan fingerprint density at radius 1 is 1.44 bits per heavy atom. The molecule has 1 unspecified atom stereocenters. The molecule has 0 aromatic heterocycles. The number of ether oxygens (including phenoxy) is 1. The van der Waals surface area contributed by atoms with Crippen LogP contribution in [0, 0.1) is 5.82 Å². The normalized spacial score (nSPS) is 23.1. The summed E-state index contributed by atoms with van der Waals surface area (Å²) in [5, 5.41) is 0.